The third-order valence-corrected chi connectivity index (χ3v) is 3.60. The van der Waals surface area contributed by atoms with Gasteiger partial charge in [-0.15, -0.1) is 0 Å². The monoisotopic (exact) mass is 311 g/mol. The van der Waals surface area contributed by atoms with E-state index >= 15 is 0 Å². The van der Waals surface area contributed by atoms with Gasteiger partial charge >= 0.3 is 0 Å². The van der Waals surface area contributed by atoms with Crippen LogP contribution in [-0.4, -0.2) is 4.98 Å². The summed E-state index contributed by atoms with van der Waals surface area (Å²) >= 11 is 3.51. The maximum atomic E-state index is 4.58. The van der Waals surface area contributed by atoms with E-state index in [1.54, 1.807) is 0 Å². The molecular formula is C17H14BrN. The summed E-state index contributed by atoms with van der Waals surface area (Å²) in [5.74, 6) is 0. The molecule has 0 N–H and O–H groups in total. The molecule has 0 radical (unpaired) electrons. The minimum Gasteiger partial charge on any atom is -0.241 e. The van der Waals surface area contributed by atoms with Crippen LogP contribution in [0.15, 0.2) is 65.3 Å². The first-order chi connectivity index (χ1) is 9.33. The van der Waals surface area contributed by atoms with Crippen LogP contribution in [0.25, 0.3) is 16.7 Å². The zero-order valence-electron chi connectivity index (χ0n) is 10.5. The zero-order chi connectivity index (χ0) is 13.1. The molecule has 2 heteroatoms. The predicted molar refractivity (Wildman–Crippen MR) is 83.7 cm³/mol. The number of halogens is 1. The fourth-order valence-corrected chi connectivity index (χ4v) is 2.68. The van der Waals surface area contributed by atoms with Gasteiger partial charge in [0, 0.05) is 0 Å². The Balaban J connectivity index is 2.06. The van der Waals surface area contributed by atoms with Crippen LogP contribution in [0.5, 0.6) is 0 Å². The van der Waals surface area contributed by atoms with Crippen molar-refractivity contribution in [3.63, 3.8) is 0 Å². The summed E-state index contributed by atoms with van der Waals surface area (Å²) in [6, 6.07) is 14.6. The minimum absolute atomic E-state index is 0.878. The quantitative estimate of drug-likeness (QED) is 0.691. The third kappa shape index (κ3) is 2.85. The summed E-state index contributed by atoms with van der Waals surface area (Å²) in [5.41, 5.74) is 4.65. The van der Waals surface area contributed by atoms with E-state index in [-0.39, 0.29) is 0 Å². The van der Waals surface area contributed by atoms with Gasteiger partial charge in [-0.05, 0) is 57.6 Å². The fraction of sp³-hybridized carbons (Fsp3) is 0.118. The van der Waals surface area contributed by atoms with Gasteiger partial charge in [0.05, 0.1) is 5.69 Å². The van der Waals surface area contributed by atoms with Crippen molar-refractivity contribution < 1.29 is 0 Å². The highest BCUT2D eigenvalue weighted by atomic mass is 79.9. The SMILES string of the molecule is Brc1cc(-c2ccccc2)cc(C2=CCCC=C2)n1. The molecular weight excluding hydrogens is 298 g/mol. The van der Waals surface area contributed by atoms with Gasteiger partial charge in [-0.25, -0.2) is 4.98 Å². The summed E-state index contributed by atoms with van der Waals surface area (Å²) in [4.78, 5) is 4.58. The molecule has 0 bridgehead atoms. The van der Waals surface area contributed by atoms with Crippen molar-refractivity contribution in [1.29, 1.82) is 0 Å². The first kappa shape index (κ1) is 12.4. The lowest BCUT2D eigenvalue weighted by Crippen LogP contribution is -1.92. The molecule has 19 heavy (non-hydrogen) atoms. The molecule has 0 saturated carbocycles. The highest BCUT2D eigenvalue weighted by Gasteiger charge is 2.07. The van der Waals surface area contributed by atoms with E-state index in [1.165, 1.54) is 16.7 Å². The van der Waals surface area contributed by atoms with E-state index in [0.29, 0.717) is 0 Å². The van der Waals surface area contributed by atoms with Crippen LogP contribution < -0.4 is 0 Å². The number of hydrogen-bond donors (Lipinski definition) is 0. The van der Waals surface area contributed by atoms with Gasteiger partial charge in [-0.2, -0.15) is 0 Å². The van der Waals surface area contributed by atoms with Gasteiger partial charge in [0.25, 0.3) is 0 Å². The Labute approximate surface area is 121 Å². The number of nitrogens with zero attached hydrogens (tertiary/aromatic N) is 1. The van der Waals surface area contributed by atoms with Crippen molar-refractivity contribution in [1.82, 2.24) is 4.98 Å². The lowest BCUT2D eigenvalue weighted by molar-refractivity contribution is 1.04. The highest BCUT2D eigenvalue weighted by Crippen LogP contribution is 2.27. The minimum atomic E-state index is 0.878. The van der Waals surface area contributed by atoms with Crippen molar-refractivity contribution in [3.05, 3.63) is 71.0 Å². The first-order valence-corrected chi connectivity index (χ1v) is 7.22. The second-order valence-corrected chi connectivity index (χ2v) is 5.38. The zero-order valence-corrected chi connectivity index (χ0v) is 12.1. The van der Waals surface area contributed by atoms with E-state index in [0.717, 1.165) is 23.1 Å². The summed E-state index contributed by atoms with van der Waals surface area (Å²) in [7, 11) is 0. The Morgan fingerprint density at radius 2 is 1.79 bits per heavy atom. The standard InChI is InChI=1S/C17H14BrN/c18-17-12-15(13-7-3-1-4-8-13)11-16(19-17)14-9-5-2-6-10-14/h1,3-5,7-12H,2,6H2. The maximum absolute atomic E-state index is 4.58. The van der Waals surface area contributed by atoms with Crippen LogP contribution in [0.3, 0.4) is 0 Å². The molecule has 0 atom stereocenters. The summed E-state index contributed by atoms with van der Waals surface area (Å²) < 4.78 is 0.878. The number of aromatic nitrogens is 1. The van der Waals surface area contributed by atoms with Gasteiger partial charge in [0.1, 0.15) is 4.60 Å². The van der Waals surface area contributed by atoms with E-state index in [9.17, 15) is 0 Å². The molecule has 94 valence electrons. The number of benzene rings is 1. The number of allylic oxidation sites excluding steroid dienone is 4. The Kier molecular flexibility index (Phi) is 3.60. The van der Waals surface area contributed by atoms with Crippen molar-refractivity contribution in [2.45, 2.75) is 12.8 Å². The summed E-state index contributed by atoms with van der Waals surface area (Å²) in [6.07, 6.45) is 8.85. The van der Waals surface area contributed by atoms with Crippen LogP contribution in [-0.2, 0) is 0 Å². The molecule has 0 spiro atoms. The highest BCUT2D eigenvalue weighted by molar-refractivity contribution is 9.10. The smallest absolute Gasteiger partial charge is 0.107 e. The molecule has 1 aliphatic rings. The van der Waals surface area contributed by atoms with Gasteiger partial charge in [0.15, 0.2) is 0 Å². The van der Waals surface area contributed by atoms with Crippen LogP contribution in [0, 0.1) is 0 Å². The third-order valence-electron chi connectivity index (χ3n) is 3.19. The summed E-state index contributed by atoms with van der Waals surface area (Å²) in [5, 5.41) is 0. The molecule has 1 aliphatic carbocycles. The van der Waals surface area contributed by atoms with E-state index in [2.05, 4.69) is 75.5 Å². The molecule has 0 aliphatic heterocycles. The number of hydrogen-bond acceptors (Lipinski definition) is 1. The Bertz CT molecular complexity index is 642. The molecule has 0 amide bonds. The number of pyridine rings is 1. The van der Waals surface area contributed by atoms with Crippen molar-refractivity contribution in [3.8, 4) is 11.1 Å². The second kappa shape index (κ2) is 5.54. The lowest BCUT2D eigenvalue weighted by atomic mass is 10.0. The maximum Gasteiger partial charge on any atom is 0.107 e. The molecule has 1 nitrogen and oxygen atoms in total. The van der Waals surface area contributed by atoms with Gasteiger partial charge in [-0.1, -0.05) is 48.6 Å². The largest absolute Gasteiger partial charge is 0.241 e. The van der Waals surface area contributed by atoms with Crippen LogP contribution in [0.1, 0.15) is 18.5 Å². The van der Waals surface area contributed by atoms with Crippen molar-refractivity contribution >= 4 is 21.5 Å². The molecule has 1 aromatic heterocycles. The van der Waals surface area contributed by atoms with Crippen LogP contribution in [0.2, 0.25) is 0 Å². The van der Waals surface area contributed by atoms with E-state index in [1.807, 2.05) is 6.07 Å². The fourth-order valence-electron chi connectivity index (χ4n) is 2.25. The Morgan fingerprint density at radius 1 is 0.947 bits per heavy atom. The molecule has 1 heterocycles. The van der Waals surface area contributed by atoms with Gasteiger partial charge in [0.2, 0.25) is 0 Å². The summed E-state index contributed by atoms with van der Waals surface area (Å²) in [6.45, 7) is 0. The first-order valence-electron chi connectivity index (χ1n) is 6.43. The van der Waals surface area contributed by atoms with Gasteiger partial charge < -0.3 is 0 Å². The Hall–Kier alpha value is -1.67. The topological polar surface area (TPSA) is 12.9 Å². The molecule has 2 aromatic rings. The lowest BCUT2D eigenvalue weighted by Gasteiger charge is -2.09. The average molecular weight is 312 g/mol. The van der Waals surface area contributed by atoms with Crippen LogP contribution in [0.4, 0.5) is 0 Å². The second-order valence-electron chi connectivity index (χ2n) is 4.57. The van der Waals surface area contributed by atoms with Crippen molar-refractivity contribution in [2.24, 2.45) is 0 Å². The molecule has 0 fully saturated rings. The molecule has 0 unspecified atom stereocenters. The van der Waals surface area contributed by atoms with Crippen molar-refractivity contribution in [2.75, 3.05) is 0 Å². The number of rotatable bonds is 2. The normalized spacial score (nSPS) is 14.3. The van der Waals surface area contributed by atoms with Crippen LogP contribution >= 0.6 is 15.9 Å². The molecule has 3 rings (SSSR count). The predicted octanol–water partition coefficient (Wildman–Crippen LogP) is 5.24. The van der Waals surface area contributed by atoms with E-state index in [4.69, 9.17) is 0 Å². The van der Waals surface area contributed by atoms with E-state index < -0.39 is 0 Å². The Morgan fingerprint density at radius 3 is 2.53 bits per heavy atom. The average Bonchev–Trinajstić information content (AvgIpc) is 2.48. The van der Waals surface area contributed by atoms with Gasteiger partial charge in [-0.3, -0.25) is 0 Å². The molecule has 1 aromatic carbocycles. The molecule has 0 saturated heterocycles.